The normalized spacial score (nSPS) is 18.9. The second-order valence-electron chi connectivity index (χ2n) is 5.11. The van der Waals surface area contributed by atoms with Crippen LogP contribution < -0.4 is 21.1 Å². The molecule has 2 amide bonds. The van der Waals surface area contributed by atoms with Gasteiger partial charge in [0.25, 0.3) is 0 Å². The number of nitrogen functional groups attached to an aromatic ring is 1. The maximum Gasteiger partial charge on any atom is 0.249 e. The van der Waals surface area contributed by atoms with Gasteiger partial charge in [0.1, 0.15) is 11.8 Å². The van der Waals surface area contributed by atoms with Crippen molar-refractivity contribution in [2.45, 2.75) is 38.8 Å². The monoisotopic (exact) mass is 277 g/mol. The van der Waals surface area contributed by atoms with Crippen LogP contribution in [0.4, 0.5) is 11.4 Å². The molecule has 0 bridgehead atoms. The van der Waals surface area contributed by atoms with E-state index in [1.54, 1.807) is 18.2 Å². The molecule has 1 heterocycles. The van der Waals surface area contributed by atoms with Gasteiger partial charge in [-0.1, -0.05) is 0 Å². The summed E-state index contributed by atoms with van der Waals surface area (Å²) < 4.78 is 5.59. The number of benzene rings is 1. The average molecular weight is 277 g/mol. The Kier molecular flexibility index (Phi) is 4.12. The van der Waals surface area contributed by atoms with Crippen molar-refractivity contribution in [3.05, 3.63) is 18.2 Å². The van der Waals surface area contributed by atoms with Gasteiger partial charge in [-0.25, -0.2) is 0 Å². The lowest BCUT2D eigenvalue weighted by atomic mass is 10.1. The number of anilines is 2. The maximum atomic E-state index is 11.7. The van der Waals surface area contributed by atoms with Crippen molar-refractivity contribution in [3.8, 4) is 5.75 Å². The third kappa shape index (κ3) is 3.63. The molecule has 6 nitrogen and oxygen atoms in total. The number of ether oxygens (including phenoxy) is 1. The number of amides is 2. The summed E-state index contributed by atoms with van der Waals surface area (Å²) in [5.41, 5.74) is 7.08. The highest BCUT2D eigenvalue weighted by Crippen LogP contribution is 2.25. The summed E-state index contributed by atoms with van der Waals surface area (Å²) in [5.74, 6) is 0.106. The molecular formula is C14H19N3O3. The lowest BCUT2D eigenvalue weighted by Gasteiger charge is -2.23. The molecule has 1 aliphatic heterocycles. The zero-order chi connectivity index (χ0) is 14.7. The van der Waals surface area contributed by atoms with Crippen molar-refractivity contribution >= 4 is 23.2 Å². The van der Waals surface area contributed by atoms with E-state index in [1.807, 2.05) is 13.8 Å². The van der Waals surface area contributed by atoms with E-state index < -0.39 is 6.04 Å². The Hall–Kier alpha value is -2.24. The number of rotatable bonds is 4. The van der Waals surface area contributed by atoms with Crippen LogP contribution in [-0.4, -0.2) is 24.0 Å². The van der Waals surface area contributed by atoms with Gasteiger partial charge in [-0.05, 0) is 26.3 Å². The predicted octanol–water partition coefficient (Wildman–Crippen LogP) is 1.27. The van der Waals surface area contributed by atoms with Crippen LogP contribution in [0.25, 0.3) is 0 Å². The second kappa shape index (κ2) is 5.81. The molecule has 0 aromatic heterocycles. The summed E-state index contributed by atoms with van der Waals surface area (Å²) in [6.45, 7) is 3.85. The Morgan fingerprint density at radius 2 is 2.10 bits per heavy atom. The van der Waals surface area contributed by atoms with Crippen LogP contribution in [0.1, 0.15) is 26.7 Å². The van der Waals surface area contributed by atoms with Crippen LogP contribution in [0.3, 0.4) is 0 Å². The van der Waals surface area contributed by atoms with Crippen molar-refractivity contribution in [1.82, 2.24) is 5.32 Å². The summed E-state index contributed by atoms with van der Waals surface area (Å²) in [7, 11) is 0. The van der Waals surface area contributed by atoms with Gasteiger partial charge < -0.3 is 15.8 Å². The van der Waals surface area contributed by atoms with E-state index in [-0.39, 0.29) is 17.9 Å². The minimum Gasteiger partial charge on any atom is -0.491 e. The van der Waals surface area contributed by atoms with Crippen molar-refractivity contribution in [2.75, 3.05) is 11.1 Å². The topological polar surface area (TPSA) is 93.4 Å². The van der Waals surface area contributed by atoms with Gasteiger partial charge in [0.15, 0.2) is 0 Å². The summed E-state index contributed by atoms with van der Waals surface area (Å²) in [6, 6.07) is 4.83. The zero-order valence-corrected chi connectivity index (χ0v) is 11.6. The zero-order valence-electron chi connectivity index (χ0n) is 11.6. The van der Waals surface area contributed by atoms with Gasteiger partial charge in [0.05, 0.1) is 6.10 Å². The average Bonchev–Trinajstić information content (AvgIpc) is 2.31. The Balaban J connectivity index is 2.10. The van der Waals surface area contributed by atoms with Gasteiger partial charge in [-0.15, -0.1) is 0 Å². The van der Waals surface area contributed by atoms with Crippen LogP contribution in [-0.2, 0) is 9.59 Å². The van der Waals surface area contributed by atoms with Crippen LogP contribution in [0.2, 0.25) is 0 Å². The van der Waals surface area contributed by atoms with Crippen LogP contribution >= 0.6 is 0 Å². The molecule has 4 N–H and O–H groups in total. The first-order valence-corrected chi connectivity index (χ1v) is 6.61. The number of imide groups is 1. The molecule has 1 aromatic rings. The van der Waals surface area contributed by atoms with E-state index in [0.29, 0.717) is 30.0 Å². The van der Waals surface area contributed by atoms with Gasteiger partial charge in [-0.3, -0.25) is 14.9 Å². The molecule has 1 saturated heterocycles. The van der Waals surface area contributed by atoms with Crippen LogP contribution in [0.15, 0.2) is 18.2 Å². The number of nitrogens with two attached hydrogens (primary N) is 1. The van der Waals surface area contributed by atoms with E-state index >= 15 is 0 Å². The van der Waals surface area contributed by atoms with Crippen molar-refractivity contribution in [3.63, 3.8) is 0 Å². The molecule has 1 atom stereocenters. The van der Waals surface area contributed by atoms with E-state index in [4.69, 9.17) is 10.5 Å². The van der Waals surface area contributed by atoms with E-state index in [9.17, 15) is 9.59 Å². The van der Waals surface area contributed by atoms with Crippen molar-refractivity contribution in [1.29, 1.82) is 0 Å². The van der Waals surface area contributed by atoms with E-state index in [0.717, 1.165) is 0 Å². The molecule has 1 unspecified atom stereocenters. The van der Waals surface area contributed by atoms with Gasteiger partial charge in [-0.2, -0.15) is 0 Å². The molecule has 6 heteroatoms. The number of hydrogen-bond acceptors (Lipinski definition) is 5. The standard InChI is InChI=1S/C14H19N3O3/c1-8(2)20-11-6-9(15)5-10(7-11)16-12-3-4-13(18)17-14(12)19/h5-8,12,16H,3-4,15H2,1-2H3,(H,17,18,19). The summed E-state index contributed by atoms with van der Waals surface area (Å²) in [5, 5.41) is 5.39. The Bertz CT molecular complexity index is 528. The molecule has 0 radical (unpaired) electrons. The highest BCUT2D eigenvalue weighted by atomic mass is 16.5. The van der Waals surface area contributed by atoms with Gasteiger partial charge in [0, 0.05) is 29.9 Å². The fourth-order valence-corrected chi connectivity index (χ4v) is 2.08. The summed E-state index contributed by atoms with van der Waals surface area (Å²) in [4.78, 5) is 22.8. The van der Waals surface area contributed by atoms with Crippen molar-refractivity contribution < 1.29 is 14.3 Å². The summed E-state index contributed by atoms with van der Waals surface area (Å²) >= 11 is 0. The molecule has 1 aliphatic rings. The second-order valence-corrected chi connectivity index (χ2v) is 5.11. The fourth-order valence-electron chi connectivity index (χ4n) is 2.08. The Morgan fingerprint density at radius 3 is 2.75 bits per heavy atom. The molecule has 1 aromatic carbocycles. The van der Waals surface area contributed by atoms with Crippen LogP contribution in [0.5, 0.6) is 5.75 Å². The summed E-state index contributed by atoms with van der Waals surface area (Å²) in [6.07, 6.45) is 0.848. The first kappa shape index (κ1) is 14.2. The first-order valence-electron chi connectivity index (χ1n) is 6.61. The van der Waals surface area contributed by atoms with E-state index in [1.165, 1.54) is 0 Å². The third-order valence-electron chi connectivity index (χ3n) is 2.88. The minimum atomic E-state index is -0.429. The lowest BCUT2D eigenvalue weighted by Crippen LogP contribution is -2.47. The number of nitrogens with one attached hydrogen (secondary N) is 2. The SMILES string of the molecule is CC(C)Oc1cc(N)cc(NC2CCC(=O)NC2=O)c1. The number of carbonyl (C=O) groups excluding carboxylic acids is 2. The Morgan fingerprint density at radius 1 is 1.35 bits per heavy atom. The number of hydrogen-bond donors (Lipinski definition) is 3. The highest BCUT2D eigenvalue weighted by molar-refractivity contribution is 6.01. The molecule has 1 fully saturated rings. The molecule has 2 rings (SSSR count). The highest BCUT2D eigenvalue weighted by Gasteiger charge is 2.26. The smallest absolute Gasteiger partial charge is 0.249 e. The molecular weight excluding hydrogens is 258 g/mol. The Labute approximate surface area is 117 Å². The largest absolute Gasteiger partial charge is 0.491 e. The van der Waals surface area contributed by atoms with Gasteiger partial charge >= 0.3 is 0 Å². The predicted molar refractivity (Wildman–Crippen MR) is 76.4 cm³/mol. The number of carbonyl (C=O) groups is 2. The molecule has 0 aliphatic carbocycles. The number of piperidine rings is 1. The van der Waals surface area contributed by atoms with Crippen molar-refractivity contribution in [2.24, 2.45) is 0 Å². The maximum absolute atomic E-state index is 11.7. The van der Waals surface area contributed by atoms with Gasteiger partial charge in [0.2, 0.25) is 11.8 Å². The van der Waals surface area contributed by atoms with Crippen LogP contribution in [0, 0.1) is 0 Å². The molecule has 20 heavy (non-hydrogen) atoms. The van der Waals surface area contributed by atoms with E-state index in [2.05, 4.69) is 10.6 Å². The molecule has 0 saturated carbocycles. The third-order valence-corrected chi connectivity index (χ3v) is 2.88. The molecule has 108 valence electrons. The lowest BCUT2D eigenvalue weighted by molar-refractivity contribution is -0.133. The molecule has 0 spiro atoms. The minimum absolute atomic E-state index is 0.0419. The first-order chi connectivity index (χ1) is 9.44. The fraction of sp³-hybridized carbons (Fsp3) is 0.429. The quantitative estimate of drug-likeness (QED) is 0.569.